The van der Waals surface area contributed by atoms with Gasteiger partial charge in [0.1, 0.15) is 35.7 Å². The van der Waals surface area contributed by atoms with Crippen LogP contribution in [0.15, 0.2) is 42.5 Å². The molecule has 4 aliphatic rings. The number of phenolic OH excluding ortho intramolecular Hbond substituents is 1. The fourth-order valence-corrected chi connectivity index (χ4v) is 8.90. The summed E-state index contributed by atoms with van der Waals surface area (Å²) in [5.74, 6) is -1.04. The van der Waals surface area contributed by atoms with Crippen molar-refractivity contribution < 1.29 is 32.9 Å². The largest absolute Gasteiger partial charge is 0.508 e. The number of ether oxygens (including phenoxy) is 1. The van der Waals surface area contributed by atoms with E-state index < -0.39 is 29.4 Å². The summed E-state index contributed by atoms with van der Waals surface area (Å²) in [5, 5.41) is 24.9. The summed E-state index contributed by atoms with van der Waals surface area (Å²) in [6, 6.07) is 10.8. The van der Waals surface area contributed by atoms with E-state index in [1.54, 1.807) is 18.2 Å². The number of hydrogen-bond donors (Lipinski definition) is 3. The van der Waals surface area contributed by atoms with E-state index in [0.717, 1.165) is 32.2 Å². The van der Waals surface area contributed by atoms with Crippen molar-refractivity contribution in [1.82, 2.24) is 25.1 Å². The average molecular weight is 691 g/mol. The van der Waals surface area contributed by atoms with Gasteiger partial charge in [0.25, 0.3) is 0 Å². The second kappa shape index (κ2) is 12.8. The van der Waals surface area contributed by atoms with Crippen LogP contribution in [0.4, 0.5) is 19.0 Å². The maximum atomic E-state index is 16.9. The van der Waals surface area contributed by atoms with Gasteiger partial charge in [0.15, 0.2) is 5.82 Å². The molecule has 3 aromatic carbocycles. The van der Waals surface area contributed by atoms with Gasteiger partial charge in [-0.15, -0.1) is 0 Å². The molecule has 0 radical (unpaired) electrons. The summed E-state index contributed by atoms with van der Waals surface area (Å²) in [5.41, 5.74) is -0.177. The van der Waals surface area contributed by atoms with Crippen LogP contribution in [-0.2, 0) is 4.79 Å². The molecule has 4 aliphatic heterocycles. The van der Waals surface area contributed by atoms with Crippen LogP contribution in [0.5, 0.6) is 11.8 Å². The quantitative estimate of drug-likeness (QED) is 0.233. The molecule has 50 heavy (non-hydrogen) atoms. The first-order valence-electron chi connectivity index (χ1n) is 17.5. The zero-order valence-corrected chi connectivity index (χ0v) is 27.9. The summed E-state index contributed by atoms with van der Waals surface area (Å²) >= 11 is 0. The van der Waals surface area contributed by atoms with Gasteiger partial charge in [0, 0.05) is 74.5 Å². The highest BCUT2D eigenvalue weighted by atomic mass is 19.1. The van der Waals surface area contributed by atoms with Gasteiger partial charge in [-0.3, -0.25) is 14.6 Å². The Labute approximate surface area is 287 Å². The van der Waals surface area contributed by atoms with Crippen LogP contribution in [0, 0.1) is 11.6 Å². The van der Waals surface area contributed by atoms with Crippen molar-refractivity contribution in [3.8, 4) is 22.9 Å². The van der Waals surface area contributed by atoms with Gasteiger partial charge in [-0.25, -0.2) is 13.2 Å². The Balaban J connectivity index is 1.17. The lowest BCUT2D eigenvalue weighted by Crippen LogP contribution is -2.56. The lowest BCUT2D eigenvalue weighted by Gasteiger charge is -2.42. The third-order valence-electron chi connectivity index (χ3n) is 11.1. The van der Waals surface area contributed by atoms with E-state index in [4.69, 9.17) is 9.72 Å². The molecule has 5 heterocycles. The van der Waals surface area contributed by atoms with Crippen molar-refractivity contribution in [3.63, 3.8) is 0 Å². The number of nitrogens with zero attached hydrogens (tertiary/aromatic N) is 5. The van der Waals surface area contributed by atoms with Gasteiger partial charge in [0.05, 0.1) is 11.6 Å². The van der Waals surface area contributed by atoms with E-state index in [9.17, 15) is 19.4 Å². The number of phenols is 1. The molecule has 0 saturated carbocycles. The van der Waals surface area contributed by atoms with E-state index >= 15 is 8.78 Å². The number of fused-ring (bicyclic) bond motifs is 5. The third kappa shape index (κ3) is 5.88. The normalized spacial score (nSPS) is 25.8. The number of benzene rings is 3. The van der Waals surface area contributed by atoms with Gasteiger partial charge in [-0.2, -0.15) is 9.97 Å². The summed E-state index contributed by atoms with van der Waals surface area (Å²) in [6.07, 6.45) is 2.28. The number of aliphatic hydroxyl groups is 1. The topological polar surface area (TPSA) is 114 Å². The molecule has 13 heteroatoms. The number of amides is 1. The van der Waals surface area contributed by atoms with E-state index in [1.165, 1.54) is 31.2 Å². The molecule has 8 rings (SSSR count). The minimum atomic E-state index is -0.937. The zero-order chi connectivity index (χ0) is 34.7. The van der Waals surface area contributed by atoms with E-state index in [2.05, 4.69) is 25.0 Å². The van der Waals surface area contributed by atoms with Gasteiger partial charge in [-0.05, 0) is 67.4 Å². The molecule has 4 saturated heterocycles. The van der Waals surface area contributed by atoms with Crippen LogP contribution in [0.3, 0.4) is 0 Å². The first-order chi connectivity index (χ1) is 24.1. The maximum Gasteiger partial charge on any atom is 0.319 e. The van der Waals surface area contributed by atoms with E-state index in [-0.39, 0.29) is 64.9 Å². The van der Waals surface area contributed by atoms with Gasteiger partial charge in [-0.1, -0.05) is 18.2 Å². The molecule has 2 bridgehead atoms. The highest BCUT2D eigenvalue weighted by Gasteiger charge is 2.49. The fourth-order valence-electron chi connectivity index (χ4n) is 8.90. The second-order valence-electron chi connectivity index (χ2n) is 14.4. The van der Waals surface area contributed by atoms with Crippen molar-refractivity contribution in [2.75, 3.05) is 50.8 Å². The van der Waals surface area contributed by atoms with Crippen LogP contribution in [-0.4, -0.2) is 112 Å². The molecule has 4 aromatic rings. The Morgan fingerprint density at radius 1 is 1.10 bits per heavy atom. The molecule has 10 nitrogen and oxygen atoms in total. The number of carbonyl (C=O) groups excluding carboxylic acids is 1. The van der Waals surface area contributed by atoms with Crippen molar-refractivity contribution in [3.05, 3.63) is 54.1 Å². The van der Waals surface area contributed by atoms with Crippen molar-refractivity contribution >= 4 is 33.4 Å². The first-order valence-corrected chi connectivity index (χ1v) is 17.5. The number of anilines is 1. The Kier molecular flexibility index (Phi) is 8.47. The molecular weight excluding hydrogens is 649 g/mol. The lowest BCUT2D eigenvalue weighted by molar-refractivity contribution is -0.119. The average Bonchev–Trinajstić information content (AvgIpc) is 3.67. The highest BCUT2D eigenvalue weighted by Crippen LogP contribution is 2.43. The highest BCUT2D eigenvalue weighted by molar-refractivity contribution is 6.01. The number of nitrogens with one attached hydrogen (secondary N) is 1. The number of aromatic nitrogens is 2. The second-order valence-corrected chi connectivity index (χ2v) is 14.4. The molecular formula is C37H41F3N6O4. The molecule has 3 N–H and O–H groups in total. The van der Waals surface area contributed by atoms with Crippen LogP contribution >= 0.6 is 0 Å². The minimum Gasteiger partial charge on any atom is -0.508 e. The summed E-state index contributed by atoms with van der Waals surface area (Å²) in [7, 11) is 0. The predicted octanol–water partition coefficient (Wildman–Crippen LogP) is 4.54. The summed E-state index contributed by atoms with van der Waals surface area (Å²) in [4.78, 5) is 27.4. The monoisotopic (exact) mass is 690 g/mol. The molecule has 4 fully saturated rings. The predicted molar refractivity (Wildman–Crippen MR) is 183 cm³/mol. The molecule has 0 unspecified atom stereocenters. The van der Waals surface area contributed by atoms with Gasteiger partial charge >= 0.3 is 6.01 Å². The van der Waals surface area contributed by atoms with Crippen LogP contribution in [0.2, 0.25) is 0 Å². The molecule has 5 atom stereocenters. The molecule has 1 amide bonds. The van der Waals surface area contributed by atoms with Crippen molar-refractivity contribution in [2.45, 2.75) is 68.9 Å². The molecule has 264 valence electrons. The Morgan fingerprint density at radius 3 is 2.68 bits per heavy atom. The van der Waals surface area contributed by atoms with Gasteiger partial charge in [0.2, 0.25) is 5.91 Å². The maximum absolute atomic E-state index is 16.9. The Morgan fingerprint density at radius 2 is 1.90 bits per heavy atom. The number of piperazine rings is 1. The zero-order valence-electron chi connectivity index (χ0n) is 27.9. The van der Waals surface area contributed by atoms with Crippen LogP contribution in [0.1, 0.15) is 39.0 Å². The lowest BCUT2D eigenvalue weighted by atomic mass is 9.95. The van der Waals surface area contributed by atoms with E-state index in [0.29, 0.717) is 49.2 Å². The first kappa shape index (κ1) is 33.0. The standard InChI is InChI=1S/C37H41F3N6O4/c1-21(47)41-15-27(49)19-46-24-6-7-25(46)18-44(17-24)35-29-9-8-28(30-13-26(48)12-22-4-2-5-31(39)32(22)30)33(40)34(29)42-36(43-35)50-20-37-10-3-11-45(37)16-23(38)14-37/h2,4-5,8-9,12-13,23-25,27,48-49H,3,6-7,10-11,14-20H2,1H3,(H,41,47)/t23-,24-,25+,27-,37+/m1/s1. The van der Waals surface area contributed by atoms with Gasteiger partial charge < -0.3 is 25.2 Å². The third-order valence-corrected chi connectivity index (χ3v) is 11.1. The Bertz CT molecular complexity index is 1950. The van der Waals surface area contributed by atoms with Crippen LogP contribution < -0.4 is 15.0 Å². The Hall–Kier alpha value is -4.20. The number of halogens is 3. The SMILES string of the molecule is CC(=O)NC[C@@H](O)CN1[C@@H]2CC[C@H]1CN(c1nc(OC[C@@]34CCCN3C[C@H](F)C4)nc3c(F)c(-c4cc(O)cc5cccc(F)c45)ccc13)C2. The van der Waals surface area contributed by atoms with Crippen molar-refractivity contribution in [2.24, 2.45) is 0 Å². The molecule has 0 aliphatic carbocycles. The van der Waals surface area contributed by atoms with E-state index in [1.807, 2.05) is 0 Å². The number of hydrogen-bond acceptors (Lipinski definition) is 9. The molecule has 0 spiro atoms. The summed E-state index contributed by atoms with van der Waals surface area (Å²) < 4.78 is 52.9. The number of aliphatic hydroxyl groups excluding tert-OH is 1. The summed E-state index contributed by atoms with van der Waals surface area (Å²) in [6.45, 7) is 4.50. The smallest absolute Gasteiger partial charge is 0.319 e. The minimum absolute atomic E-state index is 0.00593. The van der Waals surface area contributed by atoms with Crippen LogP contribution in [0.25, 0.3) is 32.8 Å². The number of alkyl halides is 1. The number of rotatable bonds is 9. The van der Waals surface area contributed by atoms with Crippen molar-refractivity contribution in [1.29, 1.82) is 0 Å². The molecule has 1 aromatic heterocycles. The fraction of sp³-hybridized carbons (Fsp3) is 0.486. The number of carbonyl (C=O) groups is 1. The number of aromatic hydroxyl groups is 1.